The molecule has 7 heteroatoms. The van der Waals surface area contributed by atoms with Crippen LogP contribution in [-0.2, 0) is 13.0 Å². The standard InChI is InChI=1S/C21H26Cl2N4O/c1-14(19-7-6-17(22)10-20(19)23)26-21(24)25-11-18(28)13-27-9-8-15-4-2-3-5-16(15)12-27/h2-7,10,14,18,28H,8-9,11-13H2,1H3,(H3,24,25,26). The fourth-order valence-corrected chi connectivity index (χ4v) is 4.04. The van der Waals surface area contributed by atoms with Crippen molar-refractivity contribution >= 4 is 29.2 Å². The lowest BCUT2D eigenvalue weighted by Crippen LogP contribution is -2.39. The molecule has 28 heavy (non-hydrogen) atoms. The lowest BCUT2D eigenvalue weighted by molar-refractivity contribution is 0.111. The van der Waals surface area contributed by atoms with Gasteiger partial charge in [-0.05, 0) is 42.2 Å². The molecule has 0 bridgehead atoms. The molecule has 2 unspecified atom stereocenters. The lowest BCUT2D eigenvalue weighted by atomic mass is 10.00. The van der Waals surface area contributed by atoms with Crippen LogP contribution in [0.3, 0.4) is 0 Å². The third-order valence-corrected chi connectivity index (χ3v) is 5.51. The van der Waals surface area contributed by atoms with Crippen LogP contribution in [0.4, 0.5) is 0 Å². The van der Waals surface area contributed by atoms with Crippen LogP contribution in [0.25, 0.3) is 0 Å². The van der Waals surface area contributed by atoms with Crippen LogP contribution >= 0.6 is 23.2 Å². The number of aliphatic imine (C=N–C) groups is 1. The largest absolute Gasteiger partial charge is 0.390 e. The average molecular weight is 421 g/mol. The fourth-order valence-electron chi connectivity index (χ4n) is 3.47. The van der Waals surface area contributed by atoms with E-state index in [0.717, 1.165) is 25.1 Å². The molecule has 0 radical (unpaired) electrons. The summed E-state index contributed by atoms with van der Waals surface area (Å²) in [5.74, 6) is 0.279. The van der Waals surface area contributed by atoms with Gasteiger partial charge in [-0.2, -0.15) is 0 Å². The molecule has 0 aliphatic carbocycles. The van der Waals surface area contributed by atoms with Gasteiger partial charge in [-0.25, -0.2) is 0 Å². The molecule has 1 heterocycles. The number of rotatable bonds is 6. The van der Waals surface area contributed by atoms with E-state index in [1.165, 1.54) is 11.1 Å². The van der Waals surface area contributed by atoms with Crippen molar-refractivity contribution in [2.45, 2.75) is 32.0 Å². The Morgan fingerprint density at radius 1 is 1.25 bits per heavy atom. The number of guanidine groups is 1. The Balaban J connectivity index is 1.49. The normalized spacial score (nSPS) is 17.1. The van der Waals surface area contributed by atoms with Crippen LogP contribution in [0.15, 0.2) is 47.5 Å². The highest BCUT2D eigenvalue weighted by Crippen LogP contribution is 2.26. The Labute approximate surface area is 176 Å². The molecule has 5 nitrogen and oxygen atoms in total. The molecule has 150 valence electrons. The number of hydrogen-bond donors (Lipinski definition) is 3. The summed E-state index contributed by atoms with van der Waals surface area (Å²) in [6, 6.07) is 13.7. The first-order valence-electron chi connectivity index (χ1n) is 9.41. The topological polar surface area (TPSA) is 73.9 Å². The zero-order valence-corrected chi connectivity index (χ0v) is 17.4. The smallest absolute Gasteiger partial charge is 0.189 e. The number of nitrogens with zero attached hydrogens (tertiary/aromatic N) is 2. The summed E-state index contributed by atoms with van der Waals surface area (Å²) < 4.78 is 0. The first-order valence-corrected chi connectivity index (χ1v) is 10.2. The number of β-amino-alcohol motifs (C(OH)–C–C–N with tert-alkyl or cyclic N) is 1. The van der Waals surface area contributed by atoms with Crippen molar-refractivity contribution in [2.24, 2.45) is 10.7 Å². The van der Waals surface area contributed by atoms with E-state index < -0.39 is 6.10 Å². The van der Waals surface area contributed by atoms with Gasteiger partial charge in [-0.3, -0.25) is 9.89 Å². The van der Waals surface area contributed by atoms with Gasteiger partial charge in [0, 0.05) is 29.7 Å². The third-order valence-electron chi connectivity index (χ3n) is 4.94. The second-order valence-electron chi connectivity index (χ2n) is 7.17. The van der Waals surface area contributed by atoms with E-state index >= 15 is 0 Å². The van der Waals surface area contributed by atoms with Crippen molar-refractivity contribution in [1.82, 2.24) is 10.2 Å². The van der Waals surface area contributed by atoms with E-state index in [4.69, 9.17) is 28.9 Å². The zero-order valence-electron chi connectivity index (χ0n) is 15.9. The second-order valence-corrected chi connectivity index (χ2v) is 8.01. The Morgan fingerprint density at radius 3 is 2.75 bits per heavy atom. The second kappa shape index (κ2) is 9.61. The minimum Gasteiger partial charge on any atom is -0.390 e. The van der Waals surface area contributed by atoms with Crippen LogP contribution < -0.4 is 11.1 Å². The summed E-state index contributed by atoms with van der Waals surface area (Å²) >= 11 is 12.2. The SMILES string of the molecule is CC(NC(N)=NCC(O)CN1CCc2ccccc2C1)c1ccc(Cl)cc1Cl. The monoisotopic (exact) mass is 420 g/mol. The van der Waals surface area contributed by atoms with Gasteiger partial charge in [0.2, 0.25) is 0 Å². The Bertz CT molecular complexity index is 843. The average Bonchev–Trinajstić information content (AvgIpc) is 2.66. The molecule has 1 aliphatic rings. The van der Waals surface area contributed by atoms with Crippen molar-refractivity contribution in [1.29, 1.82) is 0 Å². The highest BCUT2D eigenvalue weighted by atomic mass is 35.5. The van der Waals surface area contributed by atoms with Crippen molar-refractivity contribution in [3.05, 3.63) is 69.2 Å². The van der Waals surface area contributed by atoms with Crippen molar-refractivity contribution < 1.29 is 5.11 Å². The molecule has 0 spiro atoms. The first kappa shape index (κ1) is 20.9. The summed E-state index contributed by atoms with van der Waals surface area (Å²) in [5.41, 5.74) is 9.60. The molecule has 3 rings (SSSR count). The number of hydrogen-bond acceptors (Lipinski definition) is 3. The molecule has 2 aromatic rings. The summed E-state index contributed by atoms with van der Waals surface area (Å²) in [6.45, 7) is 4.56. The molecule has 1 aliphatic heterocycles. The van der Waals surface area contributed by atoms with Crippen molar-refractivity contribution in [2.75, 3.05) is 19.6 Å². The number of benzene rings is 2. The van der Waals surface area contributed by atoms with Gasteiger partial charge >= 0.3 is 0 Å². The van der Waals surface area contributed by atoms with E-state index in [2.05, 4.69) is 39.5 Å². The van der Waals surface area contributed by atoms with Gasteiger partial charge in [-0.1, -0.05) is 53.5 Å². The molecule has 2 atom stereocenters. The van der Waals surface area contributed by atoms with E-state index in [-0.39, 0.29) is 18.5 Å². The highest BCUT2D eigenvalue weighted by molar-refractivity contribution is 6.35. The lowest BCUT2D eigenvalue weighted by Gasteiger charge is -2.30. The number of nitrogens with one attached hydrogen (secondary N) is 1. The number of aliphatic hydroxyl groups is 1. The molecular weight excluding hydrogens is 395 g/mol. The fraction of sp³-hybridized carbons (Fsp3) is 0.381. The van der Waals surface area contributed by atoms with Gasteiger partial charge in [0.25, 0.3) is 0 Å². The maximum Gasteiger partial charge on any atom is 0.189 e. The maximum absolute atomic E-state index is 10.4. The predicted molar refractivity (Wildman–Crippen MR) is 116 cm³/mol. The summed E-state index contributed by atoms with van der Waals surface area (Å²) in [4.78, 5) is 6.54. The van der Waals surface area contributed by atoms with Crippen LogP contribution in [0.2, 0.25) is 10.0 Å². The zero-order chi connectivity index (χ0) is 20.1. The van der Waals surface area contributed by atoms with Crippen LogP contribution in [0, 0.1) is 0 Å². The third kappa shape index (κ3) is 5.61. The molecule has 0 fully saturated rings. The molecule has 2 aromatic carbocycles. The minimum absolute atomic E-state index is 0.121. The number of halogens is 2. The van der Waals surface area contributed by atoms with Gasteiger partial charge in [0.15, 0.2) is 5.96 Å². The molecule has 0 saturated heterocycles. The maximum atomic E-state index is 10.4. The van der Waals surface area contributed by atoms with Gasteiger partial charge in [0.1, 0.15) is 0 Å². The molecule has 0 aromatic heterocycles. The van der Waals surface area contributed by atoms with E-state index in [0.29, 0.717) is 16.6 Å². The molecule has 0 saturated carbocycles. The highest BCUT2D eigenvalue weighted by Gasteiger charge is 2.18. The van der Waals surface area contributed by atoms with Crippen molar-refractivity contribution in [3.63, 3.8) is 0 Å². The number of nitrogens with two attached hydrogens (primary N) is 1. The number of fused-ring (bicyclic) bond motifs is 1. The van der Waals surface area contributed by atoms with Crippen LogP contribution in [0.5, 0.6) is 0 Å². The quantitative estimate of drug-likeness (QED) is 0.494. The van der Waals surface area contributed by atoms with Crippen LogP contribution in [-0.4, -0.2) is 41.7 Å². The number of aliphatic hydroxyl groups excluding tert-OH is 1. The van der Waals surface area contributed by atoms with Gasteiger partial charge in [0.05, 0.1) is 18.7 Å². The Hall–Kier alpha value is -1.79. The molecular formula is C21H26Cl2N4O. The predicted octanol–water partition coefficient (Wildman–Crippen LogP) is 3.38. The van der Waals surface area contributed by atoms with E-state index in [1.807, 2.05) is 13.0 Å². The van der Waals surface area contributed by atoms with Gasteiger partial charge in [-0.15, -0.1) is 0 Å². The molecule has 4 N–H and O–H groups in total. The molecule has 0 amide bonds. The summed E-state index contributed by atoms with van der Waals surface area (Å²) in [7, 11) is 0. The Morgan fingerprint density at radius 2 is 2.00 bits per heavy atom. The van der Waals surface area contributed by atoms with Crippen molar-refractivity contribution in [3.8, 4) is 0 Å². The van der Waals surface area contributed by atoms with Crippen LogP contribution in [0.1, 0.15) is 29.7 Å². The van der Waals surface area contributed by atoms with E-state index in [1.54, 1.807) is 12.1 Å². The van der Waals surface area contributed by atoms with Gasteiger partial charge < -0.3 is 16.2 Å². The minimum atomic E-state index is -0.569. The summed E-state index contributed by atoms with van der Waals surface area (Å²) in [6.07, 6.45) is 0.440. The first-order chi connectivity index (χ1) is 13.4. The van der Waals surface area contributed by atoms with E-state index in [9.17, 15) is 5.11 Å². The Kier molecular flexibility index (Phi) is 7.18. The summed E-state index contributed by atoms with van der Waals surface area (Å²) in [5, 5.41) is 14.6.